The minimum atomic E-state index is -3.45. The molecule has 2 rings (SSSR count). The Kier molecular flexibility index (Phi) is 5.76. The summed E-state index contributed by atoms with van der Waals surface area (Å²) in [6, 6.07) is 3.85. The minimum absolute atomic E-state index is 0.103. The molecule has 4 nitrogen and oxygen atoms in total. The highest BCUT2D eigenvalue weighted by Gasteiger charge is 2.31. The number of sulfonamides is 1. The summed E-state index contributed by atoms with van der Waals surface area (Å²) in [5, 5.41) is 3.06. The van der Waals surface area contributed by atoms with Gasteiger partial charge in [-0.1, -0.05) is 15.9 Å². The van der Waals surface area contributed by atoms with Gasteiger partial charge in [-0.3, -0.25) is 0 Å². The standard InChI is InChI=1S/C14H21BrN2O2S2/c1-10-13(15)6-11(8-16-2)7-14(10)21(18,19)17(3)12-4-5-20-9-12/h6-7,12,16H,4-5,8-9H2,1-3H3. The highest BCUT2D eigenvalue weighted by Crippen LogP contribution is 2.31. The fourth-order valence-corrected chi connectivity index (χ4v) is 6.12. The molecule has 0 bridgehead atoms. The van der Waals surface area contributed by atoms with Crippen LogP contribution in [0, 0.1) is 6.92 Å². The molecule has 1 heterocycles. The van der Waals surface area contributed by atoms with Crippen molar-refractivity contribution in [3.05, 3.63) is 27.7 Å². The largest absolute Gasteiger partial charge is 0.316 e. The molecule has 1 atom stereocenters. The topological polar surface area (TPSA) is 49.4 Å². The third-order valence-electron chi connectivity index (χ3n) is 3.81. The van der Waals surface area contributed by atoms with E-state index in [2.05, 4.69) is 21.2 Å². The summed E-state index contributed by atoms with van der Waals surface area (Å²) in [5.41, 5.74) is 1.73. The lowest BCUT2D eigenvalue weighted by Gasteiger charge is -2.24. The van der Waals surface area contributed by atoms with E-state index in [0.29, 0.717) is 11.4 Å². The van der Waals surface area contributed by atoms with Gasteiger partial charge in [-0.05, 0) is 49.4 Å². The van der Waals surface area contributed by atoms with E-state index in [0.717, 1.165) is 33.5 Å². The summed E-state index contributed by atoms with van der Waals surface area (Å²) in [7, 11) is 0.0952. The Morgan fingerprint density at radius 2 is 2.19 bits per heavy atom. The van der Waals surface area contributed by atoms with Crippen molar-refractivity contribution in [3.8, 4) is 0 Å². The molecule has 1 aromatic carbocycles. The van der Waals surface area contributed by atoms with Gasteiger partial charge in [0.05, 0.1) is 4.90 Å². The van der Waals surface area contributed by atoms with Crippen LogP contribution in [0.2, 0.25) is 0 Å². The van der Waals surface area contributed by atoms with Crippen LogP contribution in [0.3, 0.4) is 0 Å². The molecule has 1 saturated heterocycles. The predicted octanol–water partition coefficient (Wildman–Crippen LogP) is 2.60. The molecule has 7 heteroatoms. The number of nitrogens with zero attached hydrogens (tertiary/aromatic N) is 1. The molecule has 1 aromatic rings. The molecule has 0 spiro atoms. The van der Waals surface area contributed by atoms with Gasteiger partial charge in [0.1, 0.15) is 0 Å². The van der Waals surface area contributed by atoms with Crippen LogP contribution >= 0.6 is 27.7 Å². The van der Waals surface area contributed by atoms with Gasteiger partial charge in [0, 0.05) is 29.9 Å². The van der Waals surface area contributed by atoms with Gasteiger partial charge in [-0.2, -0.15) is 16.1 Å². The molecule has 21 heavy (non-hydrogen) atoms. The first kappa shape index (κ1) is 17.3. The van der Waals surface area contributed by atoms with Gasteiger partial charge < -0.3 is 5.32 Å². The van der Waals surface area contributed by atoms with Crippen LogP contribution in [0.1, 0.15) is 17.5 Å². The first-order valence-corrected chi connectivity index (χ1v) is 10.3. The Morgan fingerprint density at radius 1 is 1.48 bits per heavy atom. The predicted molar refractivity (Wildman–Crippen MR) is 92.3 cm³/mol. The fraction of sp³-hybridized carbons (Fsp3) is 0.571. The fourth-order valence-electron chi connectivity index (χ4n) is 2.44. The zero-order chi connectivity index (χ0) is 15.6. The van der Waals surface area contributed by atoms with Gasteiger partial charge in [0.2, 0.25) is 10.0 Å². The zero-order valence-electron chi connectivity index (χ0n) is 12.5. The Labute approximate surface area is 139 Å². The molecule has 1 N–H and O–H groups in total. The number of benzene rings is 1. The average molecular weight is 393 g/mol. The lowest BCUT2D eigenvalue weighted by atomic mass is 10.1. The van der Waals surface area contributed by atoms with Crippen molar-refractivity contribution in [3.63, 3.8) is 0 Å². The van der Waals surface area contributed by atoms with Gasteiger partial charge in [-0.15, -0.1) is 0 Å². The molecule has 1 aliphatic heterocycles. The average Bonchev–Trinajstić information content (AvgIpc) is 2.95. The molecule has 0 aromatic heterocycles. The maximum Gasteiger partial charge on any atom is 0.243 e. The van der Waals surface area contributed by atoms with Gasteiger partial charge in [-0.25, -0.2) is 8.42 Å². The summed E-state index contributed by atoms with van der Waals surface area (Å²) in [5.74, 6) is 1.92. The van der Waals surface area contributed by atoms with E-state index in [-0.39, 0.29) is 6.04 Å². The summed E-state index contributed by atoms with van der Waals surface area (Å²) < 4.78 is 28.2. The lowest BCUT2D eigenvalue weighted by Crippen LogP contribution is -2.37. The van der Waals surface area contributed by atoms with Crippen LogP contribution in [0.15, 0.2) is 21.5 Å². The van der Waals surface area contributed by atoms with Crippen LogP contribution in [0.5, 0.6) is 0 Å². The van der Waals surface area contributed by atoms with E-state index in [1.165, 1.54) is 0 Å². The Morgan fingerprint density at radius 3 is 2.76 bits per heavy atom. The van der Waals surface area contributed by atoms with Gasteiger partial charge >= 0.3 is 0 Å². The normalized spacial score (nSPS) is 19.4. The number of hydrogen-bond acceptors (Lipinski definition) is 4. The summed E-state index contributed by atoms with van der Waals surface area (Å²) in [6.07, 6.45) is 0.927. The molecular weight excluding hydrogens is 372 g/mol. The van der Waals surface area contributed by atoms with Crippen molar-refractivity contribution >= 4 is 37.7 Å². The van der Waals surface area contributed by atoms with E-state index in [4.69, 9.17) is 0 Å². The third kappa shape index (κ3) is 3.64. The Hall–Kier alpha value is -0.0800. The number of nitrogens with one attached hydrogen (secondary N) is 1. The molecule has 1 fully saturated rings. The van der Waals surface area contributed by atoms with Crippen molar-refractivity contribution in [2.75, 3.05) is 25.6 Å². The van der Waals surface area contributed by atoms with Crippen LogP contribution in [0.25, 0.3) is 0 Å². The van der Waals surface area contributed by atoms with Crippen LogP contribution in [0.4, 0.5) is 0 Å². The monoisotopic (exact) mass is 392 g/mol. The first-order valence-electron chi connectivity index (χ1n) is 6.87. The van der Waals surface area contributed by atoms with E-state index in [1.54, 1.807) is 17.4 Å². The van der Waals surface area contributed by atoms with Crippen LogP contribution in [-0.2, 0) is 16.6 Å². The van der Waals surface area contributed by atoms with Crippen molar-refractivity contribution in [1.29, 1.82) is 0 Å². The Balaban J connectivity index is 2.43. The van der Waals surface area contributed by atoms with E-state index < -0.39 is 10.0 Å². The molecule has 1 unspecified atom stereocenters. The Bertz CT molecular complexity index is 614. The highest BCUT2D eigenvalue weighted by molar-refractivity contribution is 9.10. The second kappa shape index (κ2) is 7.00. The summed E-state index contributed by atoms with van der Waals surface area (Å²) in [6.45, 7) is 2.49. The lowest BCUT2D eigenvalue weighted by molar-refractivity contribution is 0.394. The van der Waals surface area contributed by atoms with Gasteiger partial charge in [0.25, 0.3) is 0 Å². The second-order valence-corrected chi connectivity index (χ2v) is 9.24. The number of halogens is 1. The molecule has 0 amide bonds. The quantitative estimate of drug-likeness (QED) is 0.836. The third-order valence-corrected chi connectivity index (χ3v) is 7.82. The number of hydrogen-bond donors (Lipinski definition) is 1. The van der Waals surface area contributed by atoms with Gasteiger partial charge in [0.15, 0.2) is 0 Å². The van der Waals surface area contributed by atoms with E-state index in [1.807, 2.05) is 31.8 Å². The van der Waals surface area contributed by atoms with Crippen LogP contribution < -0.4 is 5.32 Å². The van der Waals surface area contributed by atoms with Crippen molar-refractivity contribution < 1.29 is 8.42 Å². The number of rotatable bonds is 5. The van der Waals surface area contributed by atoms with Crippen LogP contribution in [-0.4, -0.2) is 44.4 Å². The number of thioether (sulfide) groups is 1. The summed E-state index contributed by atoms with van der Waals surface area (Å²) in [4.78, 5) is 0.404. The van der Waals surface area contributed by atoms with E-state index >= 15 is 0 Å². The van der Waals surface area contributed by atoms with Crippen molar-refractivity contribution in [1.82, 2.24) is 9.62 Å². The SMILES string of the molecule is CNCc1cc(Br)c(C)c(S(=O)(=O)N(C)C2CCSC2)c1. The van der Waals surface area contributed by atoms with Crippen molar-refractivity contribution in [2.24, 2.45) is 0 Å². The second-order valence-electron chi connectivity index (χ2n) is 5.27. The maximum absolute atomic E-state index is 12.9. The zero-order valence-corrected chi connectivity index (χ0v) is 15.7. The smallest absolute Gasteiger partial charge is 0.243 e. The molecule has 0 saturated carbocycles. The summed E-state index contributed by atoms with van der Waals surface area (Å²) >= 11 is 5.29. The highest BCUT2D eigenvalue weighted by atomic mass is 79.9. The maximum atomic E-state index is 12.9. The van der Waals surface area contributed by atoms with E-state index in [9.17, 15) is 8.42 Å². The molecule has 0 radical (unpaired) electrons. The molecule has 0 aliphatic carbocycles. The molecule has 1 aliphatic rings. The molecular formula is C14H21BrN2O2S2. The minimum Gasteiger partial charge on any atom is -0.316 e. The van der Waals surface area contributed by atoms with Crippen molar-refractivity contribution in [2.45, 2.75) is 30.8 Å². The molecule has 118 valence electrons. The first-order chi connectivity index (χ1) is 9.87.